The number of carbonyl (C=O) groups is 1. The van der Waals surface area contributed by atoms with Crippen molar-refractivity contribution in [1.29, 1.82) is 0 Å². The van der Waals surface area contributed by atoms with Crippen molar-refractivity contribution in [2.75, 3.05) is 43.5 Å². The molecule has 1 aliphatic rings. The van der Waals surface area contributed by atoms with Crippen LogP contribution in [0.25, 0.3) is 0 Å². The molecule has 0 saturated heterocycles. The van der Waals surface area contributed by atoms with Crippen molar-refractivity contribution in [3.8, 4) is 0 Å². The van der Waals surface area contributed by atoms with Crippen molar-refractivity contribution in [3.63, 3.8) is 0 Å². The monoisotopic (exact) mass is 424 g/mol. The smallest absolute Gasteiger partial charge is 0.260 e. The third-order valence-corrected chi connectivity index (χ3v) is 5.62. The summed E-state index contributed by atoms with van der Waals surface area (Å²) in [6.45, 7) is 9.50. The number of amidine groups is 1. The first-order valence-electron chi connectivity index (χ1n) is 10.7. The van der Waals surface area contributed by atoms with Crippen molar-refractivity contribution in [2.45, 2.75) is 33.9 Å². The van der Waals surface area contributed by atoms with Crippen molar-refractivity contribution >= 4 is 23.4 Å². The van der Waals surface area contributed by atoms with Crippen LogP contribution in [0.5, 0.6) is 0 Å². The number of rotatable bonds is 8. The number of nitrogens with one attached hydrogen (secondary N) is 1. The number of fused-ring (bicyclic) bond motifs is 1. The van der Waals surface area contributed by atoms with E-state index in [-0.39, 0.29) is 5.91 Å². The van der Waals surface area contributed by atoms with Crippen LogP contribution in [0.15, 0.2) is 29.4 Å². The van der Waals surface area contributed by atoms with E-state index in [0.717, 1.165) is 36.7 Å². The number of amides is 1. The molecule has 3 N–H and O–H groups in total. The normalized spacial score (nSPS) is 13.5. The van der Waals surface area contributed by atoms with Gasteiger partial charge in [-0.25, -0.2) is 9.97 Å². The van der Waals surface area contributed by atoms with Crippen LogP contribution in [0.2, 0.25) is 0 Å². The standard InChI is InChI=1S/C22H32N8O/c1-6-28(5)20-12-15-16(18(26-20)13-24-4)14-30(22(15)31)19-11-9-10-17(25-19)21(27-23)29(7-2)8-3/h9-12,24H,6-8,13-14,23H2,1-5H3/b27-21-. The number of hydrazone groups is 1. The van der Waals surface area contributed by atoms with Crippen molar-refractivity contribution in [2.24, 2.45) is 10.9 Å². The highest BCUT2D eigenvalue weighted by Crippen LogP contribution is 2.31. The van der Waals surface area contributed by atoms with Crippen LogP contribution in [0.3, 0.4) is 0 Å². The Kier molecular flexibility index (Phi) is 7.06. The van der Waals surface area contributed by atoms with Gasteiger partial charge in [-0.1, -0.05) is 6.07 Å². The van der Waals surface area contributed by atoms with Gasteiger partial charge in [0.1, 0.15) is 17.3 Å². The Morgan fingerprint density at radius 1 is 1.23 bits per heavy atom. The maximum atomic E-state index is 13.4. The summed E-state index contributed by atoms with van der Waals surface area (Å²) in [5.41, 5.74) is 3.15. The molecule has 31 heavy (non-hydrogen) atoms. The van der Waals surface area contributed by atoms with Gasteiger partial charge in [-0.15, -0.1) is 0 Å². The number of nitrogens with zero attached hydrogens (tertiary/aromatic N) is 6. The average molecular weight is 425 g/mol. The SMILES string of the molecule is CCN(CC)/C(=N\N)c1cccc(N2Cc3c(cc(N(C)CC)nc3CNC)C2=O)n1. The van der Waals surface area contributed by atoms with Crippen LogP contribution < -0.4 is 21.0 Å². The maximum absolute atomic E-state index is 13.4. The second kappa shape index (κ2) is 9.74. The van der Waals surface area contributed by atoms with Crippen molar-refractivity contribution in [1.82, 2.24) is 20.2 Å². The quantitative estimate of drug-likeness (QED) is 0.288. The van der Waals surface area contributed by atoms with Gasteiger partial charge in [-0.05, 0) is 46.0 Å². The molecule has 0 radical (unpaired) electrons. The minimum absolute atomic E-state index is 0.0702. The summed E-state index contributed by atoms with van der Waals surface area (Å²) in [5, 5.41) is 7.12. The highest BCUT2D eigenvalue weighted by molar-refractivity contribution is 6.10. The number of hydrogen-bond donors (Lipinski definition) is 2. The highest BCUT2D eigenvalue weighted by Gasteiger charge is 2.33. The molecule has 0 fully saturated rings. The lowest BCUT2D eigenvalue weighted by atomic mass is 10.1. The number of carbonyl (C=O) groups excluding carboxylic acids is 1. The van der Waals surface area contributed by atoms with E-state index >= 15 is 0 Å². The topological polar surface area (TPSA) is 103 Å². The summed E-state index contributed by atoms with van der Waals surface area (Å²) < 4.78 is 0. The molecule has 0 saturated carbocycles. The first-order chi connectivity index (χ1) is 15.0. The highest BCUT2D eigenvalue weighted by atomic mass is 16.2. The van der Waals surface area contributed by atoms with E-state index in [1.807, 2.05) is 62.0 Å². The minimum Gasteiger partial charge on any atom is -0.360 e. The fourth-order valence-electron chi connectivity index (χ4n) is 3.74. The maximum Gasteiger partial charge on any atom is 0.260 e. The Bertz CT molecular complexity index is 970. The van der Waals surface area contributed by atoms with E-state index < -0.39 is 0 Å². The van der Waals surface area contributed by atoms with Crippen LogP contribution in [0.1, 0.15) is 48.1 Å². The molecule has 0 aliphatic carbocycles. The van der Waals surface area contributed by atoms with Gasteiger partial charge in [-0.2, -0.15) is 5.10 Å². The van der Waals surface area contributed by atoms with E-state index in [4.69, 9.17) is 15.8 Å². The molecular weight excluding hydrogens is 392 g/mol. The van der Waals surface area contributed by atoms with Crippen LogP contribution in [0.4, 0.5) is 11.6 Å². The molecule has 1 aliphatic heterocycles. The minimum atomic E-state index is -0.0702. The summed E-state index contributed by atoms with van der Waals surface area (Å²) >= 11 is 0. The largest absolute Gasteiger partial charge is 0.360 e. The Morgan fingerprint density at radius 3 is 2.58 bits per heavy atom. The first kappa shape index (κ1) is 22.5. The number of pyridine rings is 2. The molecule has 0 bridgehead atoms. The molecule has 1 amide bonds. The Morgan fingerprint density at radius 2 is 1.97 bits per heavy atom. The summed E-state index contributed by atoms with van der Waals surface area (Å²) in [7, 11) is 3.85. The van der Waals surface area contributed by atoms with E-state index in [0.29, 0.717) is 36.0 Å². The molecule has 0 spiro atoms. The Labute approximate surface area is 183 Å². The van der Waals surface area contributed by atoms with Crippen molar-refractivity contribution in [3.05, 3.63) is 46.8 Å². The molecule has 3 rings (SSSR count). The van der Waals surface area contributed by atoms with Gasteiger partial charge >= 0.3 is 0 Å². The second-order valence-corrected chi connectivity index (χ2v) is 7.40. The van der Waals surface area contributed by atoms with Gasteiger partial charge in [0.2, 0.25) is 0 Å². The molecule has 2 aromatic rings. The van der Waals surface area contributed by atoms with Crippen LogP contribution in [-0.4, -0.2) is 60.3 Å². The van der Waals surface area contributed by atoms with Gasteiger partial charge in [0.25, 0.3) is 5.91 Å². The zero-order valence-corrected chi connectivity index (χ0v) is 19.0. The van der Waals surface area contributed by atoms with E-state index in [1.165, 1.54) is 0 Å². The van der Waals surface area contributed by atoms with Crippen LogP contribution in [-0.2, 0) is 13.1 Å². The summed E-state index contributed by atoms with van der Waals surface area (Å²) in [5.74, 6) is 7.59. The van der Waals surface area contributed by atoms with Crippen LogP contribution in [0, 0.1) is 0 Å². The summed E-state index contributed by atoms with van der Waals surface area (Å²) in [4.78, 5) is 28.7. The molecule has 2 aromatic heterocycles. The Balaban J connectivity index is 2.00. The third-order valence-electron chi connectivity index (χ3n) is 5.62. The molecule has 166 valence electrons. The van der Waals surface area contributed by atoms with E-state index in [1.54, 1.807) is 4.90 Å². The van der Waals surface area contributed by atoms with Gasteiger partial charge in [0, 0.05) is 38.8 Å². The molecule has 9 heteroatoms. The van der Waals surface area contributed by atoms with Crippen LogP contribution >= 0.6 is 0 Å². The lowest BCUT2D eigenvalue weighted by Crippen LogP contribution is -2.33. The Hall–Kier alpha value is -3.20. The van der Waals surface area contributed by atoms with Gasteiger partial charge in [0.15, 0.2) is 5.84 Å². The molecule has 9 nitrogen and oxygen atoms in total. The number of hydrogen-bond acceptors (Lipinski definition) is 7. The number of anilines is 2. The predicted octanol–water partition coefficient (Wildman–Crippen LogP) is 1.77. The molecule has 0 aromatic carbocycles. The third kappa shape index (κ3) is 4.32. The number of nitrogens with two attached hydrogens (primary N) is 1. The van der Waals surface area contributed by atoms with Gasteiger partial charge in [0.05, 0.1) is 17.8 Å². The lowest BCUT2D eigenvalue weighted by Gasteiger charge is -2.22. The fourth-order valence-corrected chi connectivity index (χ4v) is 3.74. The van der Waals surface area contributed by atoms with Gasteiger partial charge < -0.3 is 21.0 Å². The summed E-state index contributed by atoms with van der Waals surface area (Å²) in [6.07, 6.45) is 0. The van der Waals surface area contributed by atoms with Gasteiger partial charge in [-0.3, -0.25) is 9.69 Å². The van der Waals surface area contributed by atoms with E-state index in [9.17, 15) is 4.79 Å². The van der Waals surface area contributed by atoms with Crippen molar-refractivity contribution < 1.29 is 4.79 Å². The van der Waals surface area contributed by atoms with E-state index in [2.05, 4.69) is 17.3 Å². The fraction of sp³-hybridized carbons (Fsp3) is 0.455. The molecule has 0 atom stereocenters. The molecule has 0 unspecified atom stereocenters. The summed E-state index contributed by atoms with van der Waals surface area (Å²) in [6, 6.07) is 7.47. The predicted molar refractivity (Wildman–Crippen MR) is 124 cm³/mol. The first-order valence-corrected chi connectivity index (χ1v) is 10.7. The zero-order chi connectivity index (χ0) is 22.5. The molecule has 3 heterocycles. The average Bonchev–Trinajstić information content (AvgIpc) is 3.13. The molecular formula is C22H32N8O. The zero-order valence-electron chi connectivity index (χ0n) is 19.0. The lowest BCUT2D eigenvalue weighted by molar-refractivity contribution is 0.0996. The second-order valence-electron chi connectivity index (χ2n) is 7.40. The number of aromatic nitrogens is 2.